The van der Waals surface area contributed by atoms with Crippen LogP contribution in [0.3, 0.4) is 0 Å². The van der Waals surface area contributed by atoms with E-state index >= 15 is 0 Å². The molecule has 0 spiro atoms. The van der Waals surface area contributed by atoms with Crippen LogP contribution in [0.2, 0.25) is 0 Å². The van der Waals surface area contributed by atoms with E-state index in [2.05, 4.69) is 28.5 Å². The molecule has 0 saturated carbocycles. The van der Waals surface area contributed by atoms with Crippen LogP contribution in [-0.2, 0) is 16.0 Å². The molecule has 1 aromatic heterocycles. The highest BCUT2D eigenvalue weighted by atomic mass is 16.5. The van der Waals surface area contributed by atoms with Crippen molar-refractivity contribution >= 4 is 16.9 Å². The molecule has 134 valence electrons. The molecule has 3 aromatic rings. The quantitative estimate of drug-likeness (QED) is 0.709. The van der Waals surface area contributed by atoms with Crippen LogP contribution >= 0.6 is 0 Å². The number of benzene rings is 2. The standard InChI is InChI=1S/C21H22N2O3/c1-3-26-14-8-6-7-13(11-14)19-20-16(12-18(23-19)21(24)25-2)15-9-4-5-10-17(15)22-20/h4-11,18-19,22-23H,3,12H2,1-2H3. The van der Waals surface area contributed by atoms with Crippen LogP contribution in [0.1, 0.15) is 29.8 Å². The van der Waals surface area contributed by atoms with Crippen LogP contribution in [0.15, 0.2) is 48.5 Å². The Bertz CT molecular complexity index is 947. The Kier molecular flexibility index (Phi) is 4.39. The summed E-state index contributed by atoms with van der Waals surface area (Å²) >= 11 is 0. The molecule has 2 heterocycles. The van der Waals surface area contributed by atoms with Gasteiger partial charge in [-0.3, -0.25) is 10.1 Å². The van der Waals surface area contributed by atoms with Gasteiger partial charge in [-0.25, -0.2) is 0 Å². The van der Waals surface area contributed by atoms with Crippen molar-refractivity contribution < 1.29 is 14.3 Å². The van der Waals surface area contributed by atoms with Crippen molar-refractivity contribution in [1.82, 2.24) is 10.3 Å². The number of aromatic amines is 1. The minimum Gasteiger partial charge on any atom is -0.494 e. The first-order valence-electron chi connectivity index (χ1n) is 8.87. The van der Waals surface area contributed by atoms with E-state index in [-0.39, 0.29) is 18.1 Å². The third-order valence-corrected chi connectivity index (χ3v) is 4.90. The Balaban J connectivity index is 1.83. The van der Waals surface area contributed by atoms with E-state index in [0.29, 0.717) is 13.0 Å². The molecular formula is C21H22N2O3. The van der Waals surface area contributed by atoms with Crippen molar-refractivity contribution in [2.75, 3.05) is 13.7 Å². The molecule has 2 N–H and O–H groups in total. The molecule has 0 amide bonds. The second kappa shape index (κ2) is 6.84. The highest BCUT2D eigenvalue weighted by molar-refractivity contribution is 5.87. The highest BCUT2D eigenvalue weighted by Crippen LogP contribution is 2.36. The van der Waals surface area contributed by atoms with Gasteiger partial charge in [-0.1, -0.05) is 30.3 Å². The van der Waals surface area contributed by atoms with Gasteiger partial charge >= 0.3 is 5.97 Å². The topological polar surface area (TPSA) is 63.4 Å². The van der Waals surface area contributed by atoms with Crippen LogP contribution in [0, 0.1) is 0 Å². The first-order chi connectivity index (χ1) is 12.7. The Labute approximate surface area is 152 Å². The zero-order valence-corrected chi connectivity index (χ0v) is 14.9. The largest absolute Gasteiger partial charge is 0.494 e. The second-order valence-corrected chi connectivity index (χ2v) is 6.45. The number of ether oxygens (including phenoxy) is 2. The summed E-state index contributed by atoms with van der Waals surface area (Å²) in [5.41, 5.74) is 4.40. The van der Waals surface area contributed by atoms with E-state index in [1.165, 1.54) is 12.7 Å². The lowest BCUT2D eigenvalue weighted by Crippen LogP contribution is -2.45. The Hall–Kier alpha value is -2.79. The number of esters is 1. The van der Waals surface area contributed by atoms with Crippen LogP contribution in [0.5, 0.6) is 5.75 Å². The van der Waals surface area contributed by atoms with Crippen LogP contribution in [-0.4, -0.2) is 30.7 Å². The maximum atomic E-state index is 12.3. The van der Waals surface area contributed by atoms with Gasteiger partial charge < -0.3 is 14.5 Å². The van der Waals surface area contributed by atoms with Gasteiger partial charge in [0.05, 0.1) is 19.8 Å². The van der Waals surface area contributed by atoms with E-state index in [1.807, 2.05) is 37.3 Å². The van der Waals surface area contributed by atoms with E-state index in [0.717, 1.165) is 27.9 Å². The number of aromatic nitrogens is 1. The average molecular weight is 350 g/mol. The molecule has 4 rings (SSSR count). The number of para-hydroxylation sites is 1. The minimum absolute atomic E-state index is 0.129. The third kappa shape index (κ3) is 2.84. The Morgan fingerprint density at radius 1 is 1.19 bits per heavy atom. The fourth-order valence-corrected chi connectivity index (χ4v) is 3.74. The summed E-state index contributed by atoms with van der Waals surface area (Å²) in [7, 11) is 1.43. The van der Waals surface area contributed by atoms with E-state index < -0.39 is 0 Å². The number of nitrogens with one attached hydrogen (secondary N) is 2. The molecule has 26 heavy (non-hydrogen) atoms. The Morgan fingerprint density at radius 2 is 2.04 bits per heavy atom. The number of methoxy groups -OCH3 is 1. The van der Waals surface area contributed by atoms with E-state index in [9.17, 15) is 4.79 Å². The molecule has 2 aromatic carbocycles. The van der Waals surface area contributed by atoms with Gasteiger partial charge in [0, 0.05) is 23.0 Å². The van der Waals surface area contributed by atoms with E-state index in [4.69, 9.17) is 9.47 Å². The molecule has 0 fully saturated rings. The molecule has 1 aliphatic heterocycles. The second-order valence-electron chi connectivity index (χ2n) is 6.45. The summed E-state index contributed by atoms with van der Waals surface area (Å²) in [5.74, 6) is 0.580. The first kappa shape index (κ1) is 16.7. The van der Waals surface area contributed by atoms with Crippen molar-refractivity contribution in [2.24, 2.45) is 0 Å². The van der Waals surface area contributed by atoms with Crippen molar-refractivity contribution in [2.45, 2.75) is 25.4 Å². The van der Waals surface area contributed by atoms with Crippen LogP contribution in [0.25, 0.3) is 10.9 Å². The van der Waals surface area contributed by atoms with Gasteiger partial charge in [-0.05, 0) is 36.2 Å². The van der Waals surface area contributed by atoms with Crippen LogP contribution in [0.4, 0.5) is 0 Å². The normalized spacial score (nSPS) is 19.2. The monoisotopic (exact) mass is 350 g/mol. The summed E-state index contributed by atoms with van der Waals surface area (Å²) in [6.45, 7) is 2.58. The van der Waals surface area contributed by atoms with E-state index in [1.54, 1.807) is 0 Å². The van der Waals surface area contributed by atoms with Gasteiger partial charge in [0.2, 0.25) is 0 Å². The number of rotatable bonds is 4. The fraction of sp³-hybridized carbons (Fsp3) is 0.286. The molecule has 2 unspecified atom stereocenters. The molecule has 0 aliphatic carbocycles. The summed E-state index contributed by atoms with van der Waals surface area (Å²) in [6.07, 6.45) is 0.605. The zero-order valence-electron chi connectivity index (χ0n) is 14.9. The predicted octanol–water partition coefficient (Wildman–Crippen LogP) is 3.34. The maximum absolute atomic E-state index is 12.3. The Morgan fingerprint density at radius 3 is 2.85 bits per heavy atom. The van der Waals surface area contributed by atoms with Crippen LogP contribution < -0.4 is 10.1 Å². The fourth-order valence-electron chi connectivity index (χ4n) is 3.74. The average Bonchev–Trinajstić information content (AvgIpc) is 3.06. The van der Waals surface area contributed by atoms with Gasteiger partial charge in [0.15, 0.2) is 0 Å². The number of hydrogen-bond donors (Lipinski definition) is 2. The lowest BCUT2D eigenvalue weighted by molar-refractivity contribution is -0.143. The lowest BCUT2D eigenvalue weighted by atomic mass is 9.90. The molecule has 5 heteroatoms. The smallest absolute Gasteiger partial charge is 0.323 e. The maximum Gasteiger partial charge on any atom is 0.323 e. The molecule has 2 atom stereocenters. The predicted molar refractivity (Wildman–Crippen MR) is 100 cm³/mol. The number of fused-ring (bicyclic) bond motifs is 3. The minimum atomic E-state index is -0.382. The highest BCUT2D eigenvalue weighted by Gasteiger charge is 2.34. The summed E-state index contributed by atoms with van der Waals surface area (Å²) in [6, 6.07) is 15.7. The molecule has 5 nitrogen and oxygen atoms in total. The summed E-state index contributed by atoms with van der Waals surface area (Å²) < 4.78 is 10.7. The van der Waals surface area contributed by atoms with Gasteiger partial charge in [0.25, 0.3) is 0 Å². The number of carbonyl (C=O) groups excluding carboxylic acids is 1. The van der Waals surface area contributed by atoms with Gasteiger partial charge in [0.1, 0.15) is 11.8 Å². The van der Waals surface area contributed by atoms with Gasteiger partial charge in [-0.15, -0.1) is 0 Å². The third-order valence-electron chi connectivity index (χ3n) is 4.90. The molecule has 0 radical (unpaired) electrons. The molecule has 0 bridgehead atoms. The number of hydrogen-bond acceptors (Lipinski definition) is 4. The first-order valence-corrected chi connectivity index (χ1v) is 8.87. The number of carbonyl (C=O) groups is 1. The van der Waals surface area contributed by atoms with Crippen molar-refractivity contribution in [3.63, 3.8) is 0 Å². The van der Waals surface area contributed by atoms with Crippen molar-refractivity contribution in [1.29, 1.82) is 0 Å². The SMILES string of the molecule is CCOc1cccc(C2NC(C(=O)OC)Cc3c2[nH]c2ccccc32)c1. The van der Waals surface area contributed by atoms with Crippen molar-refractivity contribution in [3.8, 4) is 5.75 Å². The lowest BCUT2D eigenvalue weighted by Gasteiger charge is -2.30. The van der Waals surface area contributed by atoms with Crippen molar-refractivity contribution in [3.05, 3.63) is 65.4 Å². The van der Waals surface area contributed by atoms with Gasteiger partial charge in [-0.2, -0.15) is 0 Å². The summed E-state index contributed by atoms with van der Waals surface area (Å²) in [5, 5.41) is 4.60. The number of H-pyrrole nitrogens is 1. The zero-order chi connectivity index (χ0) is 18.1. The molecular weight excluding hydrogens is 328 g/mol. The summed E-state index contributed by atoms with van der Waals surface area (Å²) in [4.78, 5) is 15.8. The molecule has 0 saturated heterocycles. The molecule has 1 aliphatic rings.